The van der Waals surface area contributed by atoms with Crippen molar-refractivity contribution in [3.63, 3.8) is 0 Å². The summed E-state index contributed by atoms with van der Waals surface area (Å²) < 4.78 is 0. The topological polar surface area (TPSA) is 12.0 Å². The van der Waals surface area contributed by atoms with Crippen LogP contribution in [0.2, 0.25) is 0 Å². The molecule has 82 valence electrons. The molecular weight excluding hydrogens is 182 g/mol. The van der Waals surface area contributed by atoms with Gasteiger partial charge in [-0.15, -0.1) is 6.58 Å². The van der Waals surface area contributed by atoms with Crippen LogP contribution < -0.4 is 5.32 Å². The zero-order valence-electron chi connectivity index (χ0n) is 9.96. The summed E-state index contributed by atoms with van der Waals surface area (Å²) in [6, 6.07) is 11.1. The Morgan fingerprint density at radius 3 is 2.40 bits per heavy atom. The van der Waals surface area contributed by atoms with Crippen molar-refractivity contribution in [3.8, 4) is 0 Å². The molecule has 0 fully saturated rings. The highest BCUT2D eigenvalue weighted by molar-refractivity contribution is 5.21. The minimum atomic E-state index is 0.477. The number of hydrogen-bond acceptors (Lipinski definition) is 1. The van der Waals surface area contributed by atoms with Crippen LogP contribution in [0.25, 0.3) is 0 Å². The fourth-order valence-electron chi connectivity index (χ4n) is 1.89. The van der Waals surface area contributed by atoms with Crippen molar-refractivity contribution in [2.24, 2.45) is 0 Å². The molecule has 1 aromatic rings. The van der Waals surface area contributed by atoms with Gasteiger partial charge in [0.05, 0.1) is 0 Å². The van der Waals surface area contributed by atoms with Crippen LogP contribution in [-0.2, 0) is 0 Å². The summed E-state index contributed by atoms with van der Waals surface area (Å²) >= 11 is 0. The fraction of sp³-hybridized carbons (Fsp3) is 0.429. The molecule has 0 spiro atoms. The Kier molecular flexibility index (Phi) is 4.57. The molecule has 0 aliphatic heterocycles. The Morgan fingerprint density at radius 1 is 1.33 bits per heavy atom. The maximum atomic E-state index is 3.98. The lowest BCUT2D eigenvalue weighted by Crippen LogP contribution is -2.30. The van der Waals surface area contributed by atoms with E-state index in [2.05, 4.69) is 56.1 Å². The molecule has 0 aromatic heterocycles. The lowest BCUT2D eigenvalue weighted by atomic mass is 9.90. The average molecular weight is 203 g/mol. The highest BCUT2D eigenvalue weighted by atomic mass is 14.9. The van der Waals surface area contributed by atoms with Crippen LogP contribution in [0, 0.1) is 0 Å². The van der Waals surface area contributed by atoms with E-state index in [1.165, 1.54) is 11.1 Å². The first kappa shape index (κ1) is 12.0. The highest BCUT2D eigenvalue weighted by Crippen LogP contribution is 2.22. The van der Waals surface area contributed by atoms with Crippen LogP contribution in [0.4, 0.5) is 0 Å². The summed E-state index contributed by atoms with van der Waals surface area (Å²) in [5, 5.41) is 3.37. The molecule has 1 N–H and O–H groups in total. The number of nitrogens with one attached hydrogen (secondary N) is 1. The minimum Gasteiger partial charge on any atom is -0.316 e. The molecule has 1 aromatic carbocycles. The normalized spacial score (nSPS) is 14.6. The van der Waals surface area contributed by atoms with Crippen LogP contribution in [0.3, 0.4) is 0 Å². The van der Waals surface area contributed by atoms with Crippen LogP contribution >= 0.6 is 0 Å². The molecule has 0 radical (unpaired) electrons. The Bertz CT molecular complexity index is 302. The van der Waals surface area contributed by atoms with Gasteiger partial charge in [-0.2, -0.15) is 0 Å². The molecule has 0 aliphatic rings. The largest absolute Gasteiger partial charge is 0.316 e. The maximum absolute atomic E-state index is 3.98. The van der Waals surface area contributed by atoms with Gasteiger partial charge in [-0.3, -0.25) is 0 Å². The van der Waals surface area contributed by atoms with Crippen molar-refractivity contribution in [1.82, 2.24) is 5.32 Å². The van der Waals surface area contributed by atoms with Crippen molar-refractivity contribution in [2.75, 3.05) is 7.05 Å². The number of likely N-dealkylation sites (N-methyl/N-ethyl adjacent to an activating group) is 1. The van der Waals surface area contributed by atoms with E-state index in [1.54, 1.807) is 0 Å². The van der Waals surface area contributed by atoms with Crippen molar-refractivity contribution in [1.29, 1.82) is 0 Å². The van der Waals surface area contributed by atoms with E-state index in [1.807, 2.05) is 7.05 Å². The highest BCUT2D eigenvalue weighted by Gasteiger charge is 2.16. The molecular formula is C14H21N. The summed E-state index contributed by atoms with van der Waals surface area (Å²) in [4.78, 5) is 0. The van der Waals surface area contributed by atoms with E-state index in [0.29, 0.717) is 12.0 Å². The summed E-state index contributed by atoms with van der Waals surface area (Å²) in [5.74, 6) is 0.521. The third kappa shape index (κ3) is 3.52. The van der Waals surface area contributed by atoms with Gasteiger partial charge >= 0.3 is 0 Å². The standard InChI is InChI=1S/C14H21N/c1-11(2)10-14(15-4)12(3)13-8-6-5-7-9-13/h5-9,12,14-15H,1,10H2,2-4H3. The predicted molar refractivity (Wildman–Crippen MR) is 67.1 cm³/mol. The van der Waals surface area contributed by atoms with E-state index >= 15 is 0 Å². The summed E-state index contributed by atoms with van der Waals surface area (Å²) in [5.41, 5.74) is 2.62. The fourth-order valence-corrected chi connectivity index (χ4v) is 1.89. The first-order valence-electron chi connectivity index (χ1n) is 5.51. The van der Waals surface area contributed by atoms with Crippen LogP contribution in [-0.4, -0.2) is 13.1 Å². The van der Waals surface area contributed by atoms with E-state index in [4.69, 9.17) is 0 Å². The monoisotopic (exact) mass is 203 g/mol. The van der Waals surface area contributed by atoms with Gasteiger partial charge in [-0.25, -0.2) is 0 Å². The van der Waals surface area contributed by atoms with E-state index in [0.717, 1.165) is 6.42 Å². The van der Waals surface area contributed by atoms with E-state index < -0.39 is 0 Å². The Labute approximate surface area is 93.2 Å². The lowest BCUT2D eigenvalue weighted by Gasteiger charge is -2.24. The van der Waals surface area contributed by atoms with Gasteiger partial charge in [-0.1, -0.05) is 42.8 Å². The van der Waals surface area contributed by atoms with Crippen molar-refractivity contribution in [3.05, 3.63) is 48.0 Å². The van der Waals surface area contributed by atoms with E-state index in [-0.39, 0.29) is 0 Å². The quantitative estimate of drug-likeness (QED) is 0.724. The van der Waals surface area contributed by atoms with Crippen LogP contribution in [0.1, 0.15) is 31.7 Å². The van der Waals surface area contributed by atoms with Crippen molar-refractivity contribution >= 4 is 0 Å². The Balaban J connectivity index is 2.73. The number of benzene rings is 1. The summed E-state index contributed by atoms with van der Waals surface area (Å²) in [6.45, 7) is 8.33. The summed E-state index contributed by atoms with van der Waals surface area (Å²) in [7, 11) is 2.02. The third-order valence-electron chi connectivity index (χ3n) is 2.87. The van der Waals surface area contributed by atoms with Crippen molar-refractivity contribution in [2.45, 2.75) is 32.2 Å². The first-order chi connectivity index (χ1) is 7.15. The van der Waals surface area contributed by atoms with Gasteiger partial charge in [0.25, 0.3) is 0 Å². The van der Waals surface area contributed by atoms with Crippen LogP contribution in [0.15, 0.2) is 42.5 Å². The Hall–Kier alpha value is -1.08. The second kappa shape index (κ2) is 5.72. The predicted octanol–water partition coefficient (Wildman–Crippen LogP) is 3.34. The molecule has 1 rings (SSSR count). The minimum absolute atomic E-state index is 0.477. The molecule has 1 heteroatoms. The van der Waals surface area contributed by atoms with Gasteiger partial charge in [0.2, 0.25) is 0 Å². The third-order valence-corrected chi connectivity index (χ3v) is 2.87. The molecule has 0 heterocycles. The second-order valence-electron chi connectivity index (χ2n) is 4.26. The molecule has 0 saturated heterocycles. The zero-order chi connectivity index (χ0) is 11.3. The van der Waals surface area contributed by atoms with Gasteiger partial charge in [-0.05, 0) is 31.9 Å². The molecule has 0 amide bonds. The van der Waals surface area contributed by atoms with Gasteiger partial charge in [0.15, 0.2) is 0 Å². The molecule has 1 nitrogen and oxygen atoms in total. The molecule has 2 unspecified atom stereocenters. The Morgan fingerprint density at radius 2 is 1.93 bits per heavy atom. The van der Waals surface area contributed by atoms with Crippen molar-refractivity contribution < 1.29 is 0 Å². The second-order valence-corrected chi connectivity index (χ2v) is 4.26. The maximum Gasteiger partial charge on any atom is 0.0167 e. The zero-order valence-corrected chi connectivity index (χ0v) is 9.96. The molecule has 2 atom stereocenters. The molecule has 0 aliphatic carbocycles. The summed E-state index contributed by atoms with van der Waals surface area (Å²) in [6.07, 6.45) is 1.03. The molecule has 0 saturated carbocycles. The van der Waals surface area contributed by atoms with E-state index in [9.17, 15) is 0 Å². The SMILES string of the molecule is C=C(C)CC(NC)C(C)c1ccccc1. The first-order valence-corrected chi connectivity index (χ1v) is 5.51. The van der Waals surface area contributed by atoms with Gasteiger partial charge < -0.3 is 5.32 Å². The lowest BCUT2D eigenvalue weighted by molar-refractivity contribution is 0.482. The number of rotatable bonds is 5. The molecule has 15 heavy (non-hydrogen) atoms. The average Bonchev–Trinajstić information content (AvgIpc) is 2.26. The van der Waals surface area contributed by atoms with Gasteiger partial charge in [0.1, 0.15) is 0 Å². The smallest absolute Gasteiger partial charge is 0.0167 e. The van der Waals surface area contributed by atoms with Crippen LogP contribution in [0.5, 0.6) is 0 Å². The number of hydrogen-bond donors (Lipinski definition) is 1. The van der Waals surface area contributed by atoms with Gasteiger partial charge in [0, 0.05) is 6.04 Å². The molecule has 0 bridgehead atoms.